The normalized spacial score (nSPS) is 23.1. The summed E-state index contributed by atoms with van der Waals surface area (Å²) in [5.41, 5.74) is 10.2. The number of aromatic amines is 1. The van der Waals surface area contributed by atoms with Crippen LogP contribution in [0.4, 0.5) is 17.6 Å². The van der Waals surface area contributed by atoms with Crippen molar-refractivity contribution in [1.82, 2.24) is 30.2 Å². The Morgan fingerprint density at radius 3 is 2.77 bits per heavy atom. The number of nitrogens with one attached hydrogen (secondary N) is 2. The van der Waals surface area contributed by atoms with Crippen molar-refractivity contribution in [2.45, 2.75) is 50.7 Å². The molecule has 2 bridgehead atoms. The van der Waals surface area contributed by atoms with Crippen molar-refractivity contribution in [3.63, 3.8) is 0 Å². The Labute approximate surface area is 180 Å². The fraction of sp³-hybridized carbons (Fsp3) is 0.524. The number of nitrogens with zero attached hydrogens (tertiary/aromatic N) is 6. The second kappa shape index (κ2) is 6.94. The van der Waals surface area contributed by atoms with Crippen LogP contribution in [0.2, 0.25) is 0 Å². The van der Waals surface area contributed by atoms with Crippen molar-refractivity contribution in [2.24, 2.45) is 0 Å². The highest BCUT2D eigenvalue weighted by molar-refractivity contribution is 5.84. The molecule has 1 aliphatic carbocycles. The third-order valence-electron chi connectivity index (χ3n) is 6.67. The van der Waals surface area contributed by atoms with Crippen LogP contribution in [-0.4, -0.2) is 62.4 Å². The van der Waals surface area contributed by atoms with E-state index in [-0.39, 0.29) is 0 Å². The van der Waals surface area contributed by atoms with E-state index in [0.717, 1.165) is 48.0 Å². The lowest BCUT2D eigenvalue weighted by Crippen LogP contribution is -2.45. The van der Waals surface area contributed by atoms with Crippen LogP contribution in [0.5, 0.6) is 0 Å². The number of likely N-dealkylation sites (N-methyl/N-ethyl adjacent to an activating group) is 1. The van der Waals surface area contributed by atoms with Gasteiger partial charge in [0, 0.05) is 42.9 Å². The molecule has 3 aromatic heterocycles. The number of aryl methyl sites for hydroxylation is 1. The van der Waals surface area contributed by atoms with Gasteiger partial charge in [-0.2, -0.15) is 15.1 Å². The Morgan fingerprint density at radius 1 is 1.23 bits per heavy atom. The van der Waals surface area contributed by atoms with Gasteiger partial charge in [0.1, 0.15) is 11.6 Å². The van der Waals surface area contributed by atoms with E-state index in [1.54, 1.807) is 0 Å². The molecule has 3 aromatic rings. The van der Waals surface area contributed by atoms with Crippen LogP contribution in [0, 0.1) is 6.92 Å². The summed E-state index contributed by atoms with van der Waals surface area (Å²) >= 11 is 0. The van der Waals surface area contributed by atoms with Gasteiger partial charge in [-0.3, -0.25) is 10.00 Å². The molecule has 4 N–H and O–H groups in total. The SMILES string of the molecule is Cc1cc(CNc2nc(N)c(-c3cc(C4CC4)[nH]n3)c(N3CC4CC3CN4C)n2)on1. The minimum Gasteiger partial charge on any atom is -0.383 e. The number of piperazine rings is 1. The molecule has 2 aliphatic heterocycles. The molecule has 2 atom stereocenters. The Balaban J connectivity index is 1.36. The van der Waals surface area contributed by atoms with Gasteiger partial charge in [-0.05, 0) is 39.3 Å². The van der Waals surface area contributed by atoms with Crippen LogP contribution in [0.3, 0.4) is 0 Å². The summed E-state index contributed by atoms with van der Waals surface area (Å²) < 4.78 is 5.29. The average Bonchev–Trinajstić information content (AvgIpc) is 3.09. The predicted octanol–water partition coefficient (Wildman–Crippen LogP) is 2.13. The minimum absolute atomic E-state index is 0.426. The number of hydrogen-bond acceptors (Lipinski definition) is 9. The molecular weight excluding hydrogens is 394 g/mol. The molecule has 10 heteroatoms. The summed E-state index contributed by atoms with van der Waals surface area (Å²) in [5.74, 6) is 3.10. The van der Waals surface area contributed by atoms with Gasteiger partial charge < -0.3 is 20.5 Å². The number of nitrogen functional groups attached to an aromatic ring is 1. The van der Waals surface area contributed by atoms with E-state index >= 15 is 0 Å². The molecular formula is C21H27N9O. The van der Waals surface area contributed by atoms with E-state index < -0.39 is 0 Å². The summed E-state index contributed by atoms with van der Waals surface area (Å²) in [5, 5.41) is 14.9. The lowest BCUT2D eigenvalue weighted by atomic mass is 10.1. The summed E-state index contributed by atoms with van der Waals surface area (Å²) in [4.78, 5) is 14.3. The number of likely N-dealkylation sites (tertiary alicyclic amines) is 1. The smallest absolute Gasteiger partial charge is 0.227 e. The van der Waals surface area contributed by atoms with Gasteiger partial charge >= 0.3 is 0 Å². The van der Waals surface area contributed by atoms with E-state index in [0.29, 0.717) is 36.3 Å². The van der Waals surface area contributed by atoms with Gasteiger partial charge in [-0.1, -0.05) is 5.16 Å². The molecule has 0 aromatic carbocycles. The minimum atomic E-state index is 0.426. The largest absolute Gasteiger partial charge is 0.383 e. The summed E-state index contributed by atoms with van der Waals surface area (Å²) in [6.45, 7) is 4.31. The van der Waals surface area contributed by atoms with Crippen molar-refractivity contribution in [3.8, 4) is 11.3 Å². The molecule has 31 heavy (non-hydrogen) atoms. The Hall–Kier alpha value is -3.14. The maximum Gasteiger partial charge on any atom is 0.227 e. The number of H-pyrrole nitrogens is 1. The van der Waals surface area contributed by atoms with E-state index in [1.165, 1.54) is 18.5 Å². The Kier molecular flexibility index (Phi) is 4.17. The molecule has 3 fully saturated rings. The van der Waals surface area contributed by atoms with Gasteiger partial charge in [0.15, 0.2) is 5.76 Å². The van der Waals surface area contributed by atoms with E-state index in [4.69, 9.17) is 15.2 Å². The highest BCUT2D eigenvalue weighted by Crippen LogP contribution is 2.43. The maximum atomic E-state index is 6.50. The monoisotopic (exact) mass is 421 g/mol. The zero-order valence-corrected chi connectivity index (χ0v) is 17.8. The van der Waals surface area contributed by atoms with Crippen LogP contribution in [0.25, 0.3) is 11.3 Å². The van der Waals surface area contributed by atoms with Crippen molar-refractivity contribution in [1.29, 1.82) is 0 Å². The van der Waals surface area contributed by atoms with Crippen LogP contribution >= 0.6 is 0 Å². The van der Waals surface area contributed by atoms with Crippen LogP contribution in [-0.2, 0) is 6.54 Å². The number of nitrogens with two attached hydrogens (primary N) is 1. The second-order valence-corrected chi connectivity index (χ2v) is 9.04. The zero-order chi connectivity index (χ0) is 21.1. The number of anilines is 3. The molecule has 0 spiro atoms. The lowest BCUT2D eigenvalue weighted by Gasteiger charge is -2.34. The maximum absolute atomic E-state index is 6.50. The second-order valence-electron chi connectivity index (χ2n) is 9.04. The molecule has 5 heterocycles. The molecule has 0 amide bonds. The highest BCUT2D eigenvalue weighted by atomic mass is 16.5. The van der Waals surface area contributed by atoms with Crippen LogP contribution in [0.1, 0.15) is 42.3 Å². The topological polar surface area (TPSA) is 125 Å². The Morgan fingerprint density at radius 2 is 2.10 bits per heavy atom. The highest BCUT2D eigenvalue weighted by Gasteiger charge is 2.43. The van der Waals surface area contributed by atoms with Gasteiger partial charge in [0.25, 0.3) is 0 Å². The number of rotatable bonds is 6. The quantitative estimate of drug-likeness (QED) is 0.549. The standard InChI is InChI=1S/C21H27N9O/c1-11-5-15(31-28-11)8-23-21-24-19(22)18(17-7-16(26-27-17)12-3-4-12)20(25-21)30-10-13-6-14(30)9-29(13)2/h5,7,12-14H,3-4,6,8-10H2,1-2H3,(H,26,27)(H3,22,23,24,25). The van der Waals surface area contributed by atoms with E-state index in [2.05, 4.69) is 48.6 Å². The third-order valence-corrected chi connectivity index (χ3v) is 6.67. The predicted molar refractivity (Wildman–Crippen MR) is 117 cm³/mol. The van der Waals surface area contributed by atoms with Crippen molar-refractivity contribution in [2.75, 3.05) is 36.1 Å². The number of fused-ring (bicyclic) bond motifs is 2. The molecule has 162 valence electrons. The van der Waals surface area contributed by atoms with Crippen LogP contribution in [0.15, 0.2) is 16.7 Å². The zero-order valence-electron chi connectivity index (χ0n) is 17.8. The van der Waals surface area contributed by atoms with Gasteiger partial charge in [-0.15, -0.1) is 0 Å². The first kappa shape index (κ1) is 18.6. The van der Waals surface area contributed by atoms with Crippen molar-refractivity contribution in [3.05, 3.63) is 29.3 Å². The first-order chi connectivity index (χ1) is 15.0. The molecule has 6 rings (SSSR count). The molecule has 0 radical (unpaired) electrons. The fourth-order valence-electron chi connectivity index (χ4n) is 4.86. The van der Waals surface area contributed by atoms with Crippen molar-refractivity contribution >= 4 is 17.6 Å². The Bertz CT molecular complexity index is 1120. The molecule has 10 nitrogen and oxygen atoms in total. The summed E-state index contributed by atoms with van der Waals surface area (Å²) in [6.07, 6.45) is 3.58. The van der Waals surface area contributed by atoms with E-state index in [1.807, 2.05) is 13.0 Å². The summed E-state index contributed by atoms with van der Waals surface area (Å²) in [7, 11) is 2.19. The molecule has 2 unspecified atom stereocenters. The number of aromatic nitrogens is 5. The average molecular weight is 422 g/mol. The third kappa shape index (κ3) is 3.31. The molecule has 3 aliphatic rings. The first-order valence-electron chi connectivity index (χ1n) is 10.9. The molecule has 1 saturated carbocycles. The lowest BCUT2D eigenvalue weighted by molar-refractivity contribution is 0.292. The van der Waals surface area contributed by atoms with Crippen molar-refractivity contribution < 1.29 is 4.52 Å². The van der Waals surface area contributed by atoms with Gasteiger partial charge in [0.05, 0.1) is 23.5 Å². The molecule has 2 saturated heterocycles. The van der Waals surface area contributed by atoms with E-state index in [9.17, 15) is 0 Å². The summed E-state index contributed by atoms with van der Waals surface area (Å²) in [6, 6.07) is 4.98. The van der Waals surface area contributed by atoms with Gasteiger partial charge in [0.2, 0.25) is 5.95 Å². The first-order valence-corrected chi connectivity index (χ1v) is 10.9. The fourth-order valence-corrected chi connectivity index (χ4v) is 4.86. The van der Waals surface area contributed by atoms with Gasteiger partial charge in [-0.25, -0.2) is 0 Å². The number of hydrogen-bond donors (Lipinski definition) is 3. The van der Waals surface area contributed by atoms with Crippen LogP contribution < -0.4 is 16.0 Å².